The predicted molar refractivity (Wildman–Crippen MR) is 74.0 cm³/mol. The van der Waals surface area contributed by atoms with E-state index < -0.39 is 0 Å². The third-order valence-electron chi connectivity index (χ3n) is 4.00. The summed E-state index contributed by atoms with van der Waals surface area (Å²) in [4.78, 5) is 13.3. The molecule has 0 spiro atoms. The minimum Gasteiger partial charge on any atom is -0.356 e. The summed E-state index contributed by atoms with van der Waals surface area (Å²) in [6, 6.07) is 4.45. The molecule has 0 aromatic carbocycles. The van der Waals surface area contributed by atoms with E-state index in [1.165, 1.54) is 12.8 Å². The van der Waals surface area contributed by atoms with Gasteiger partial charge in [0.1, 0.15) is 18.0 Å². The molecule has 1 aromatic heterocycles. The summed E-state index contributed by atoms with van der Waals surface area (Å²) in [7, 11) is 0. The van der Waals surface area contributed by atoms with Gasteiger partial charge in [-0.2, -0.15) is 5.26 Å². The molecule has 1 atom stereocenters. The van der Waals surface area contributed by atoms with Gasteiger partial charge in [-0.25, -0.2) is 9.97 Å². The number of nitrogens with zero attached hydrogens (tertiary/aromatic N) is 5. The number of rotatable bonds is 2. The fraction of sp³-hybridized carbons (Fsp3) is 0.643. The SMILES string of the molecule is N#CC1CCCN(c2cc(N3CCCC3)ncn2)C1. The van der Waals surface area contributed by atoms with Gasteiger partial charge in [-0.1, -0.05) is 0 Å². The zero-order chi connectivity index (χ0) is 13.1. The van der Waals surface area contributed by atoms with Gasteiger partial charge in [0.25, 0.3) is 0 Å². The molecular formula is C14H19N5. The lowest BCUT2D eigenvalue weighted by atomic mass is 10.00. The monoisotopic (exact) mass is 257 g/mol. The Labute approximate surface area is 113 Å². The minimum absolute atomic E-state index is 0.138. The van der Waals surface area contributed by atoms with Crippen molar-refractivity contribution in [1.82, 2.24) is 9.97 Å². The first-order valence-corrected chi connectivity index (χ1v) is 7.08. The molecule has 3 rings (SSSR count). The van der Waals surface area contributed by atoms with Crippen molar-refractivity contribution in [1.29, 1.82) is 5.26 Å². The zero-order valence-corrected chi connectivity index (χ0v) is 11.1. The molecule has 3 heterocycles. The highest BCUT2D eigenvalue weighted by Crippen LogP contribution is 2.25. The molecule has 0 amide bonds. The Morgan fingerprint density at radius 2 is 1.74 bits per heavy atom. The Hall–Kier alpha value is -1.83. The molecular weight excluding hydrogens is 238 g/mol. The van der Waals surface area contributed by atoms with E-state index in [0.29, 0.717) is 0 Å². The first kappa shape index (κ1) is 12.2. The molecule has 5 heteroatoms. The van der Waals surface area contributed by atoms with Gasteiger partial charge in [-0.15, -0.1) is 0 Å². The quantitative estimate of drug-likeness (QED) is 0.809. The van der Waals surface area contributed by atoms with Gasteiger partial charge in [-0.3, -0.25) is 0 Å². The lowest BCUT2D eigenvalue weighted by molar-refractivity contribution is 0.490. The molecule has 0 aliphatic carbocycles. The molecule has 2 fully saturated rings. The van der Waals surface area contributed by atoms with E-state index in [9.17, 15) is 0 Å². The molecule has 100 valence electrons. The predicted octanol–water partition coefficient (Wildman–Crippen LogP) is 1.82. The van der Waals surface area contributed by atoms with Crippen LogP contribution in [0.15, 0.2) is 12.4 Å². The highest BCUT2D eigenvalue weighted by molar-refractivity contribution is 5.50. The number of hydrogen-bond donors (Lipinski definition) is 0. The number of nitriles is 1. The van der Waals surface area contributed by atoms with Gasteiger partial charge in [0.05, 0.1) is 12.0 Å². The summed E-state index contributed by atoms with van der Waals surface area (Å²) < 4.78 is 0. The van der Waals surface area contributed by atoms with Gasteiger partial charge in [0.15, 0.2) is 0 Å². The van der Waals surface area contributed by atoms with Crippen LogP contribution in [0.1, 0.15) is 25.7 Å². The molecule has 1 unspecified atom stereocenters. The third-order valence-corrected chi connectivity index (χ3v) is 4.00. The van der Waals surface area contributed by atoms with E-state index in [-0.39, 0.29) is 5.92 Å². The third kappa shape index (κ3) is 2.62. The van der Waals surface area contributed by atoms with Crippen LogP contribution in [-0.2, 0) is 0 Å². The van der Waals surface area contributed by atoms with Crippen LogP contribution < -0.4 is 9.80 Å². The van der Waals surface area contributed by atoms with Gasteiger partial charge in [-0.05, 0) is 25.7 Å². The van der Waals surface area contributed by atoms with Gasteiger partial charge in [0, 0.05) is 32.2 Å². The topological polar surface area (TPSA) is 56.1 Å². The largest absolute Gasteiger partial charge is 0.356 e. The molecule has 19 heavy (non-hydrogen) atoms. The minimum atomic E-state index is 0.138. The van der Waals surface area contributed by atoms with Gasteiger partial charge >= 0.3 is 0 Å². The van der Waals surface area contributed by atoms with Crippen molar-refractivity contribution < 1.29 is 0 Å². The summed E-state index contributed by atoms with van der Waals surface area (Å²) in [6.07, 6.45) is 6.23. The molecule has 0 saturated carbocycles. The van der Waals surface area contributed by atoms with Crippen LogP contribution in [0, 0.1) is 17.2 Å². The second-order valence-corrected chi connectivity index (χ2v) is 5.34. The van der Waals surface area contributed by atoms with E-state index in [0.717, 1.165) is 50.7 Å². The Bertz CT molecular complexity index is 475. The Kier molecular flexibility index (Phi) is 3.49. The molecule has 2 saturated heterocycles. The van der Waals surface area contributed by atoms with Crippen molar-refractivity contribution >= 4 is 11.6 Å². The van der Waals surface area contributed by atoms with Crippen LogP contribution in [-0.4, -0.2) is 36.1 Å². The van der Waals surface area contributed by atoms with Crippen LogP contribution in [0.3, 0.4) is 0 Å². The number of hydrogen-bond acceptors (Lipinski definition) is 5. The Balaban J connectivity index is 1.77. The zero-order valence-electron chi connectivity index (χ0n) is 11.1. The molecule has 5 nitrogen and oxygen atoms in total. The first-order chi connectivity index (χ1) is 9.36. The standard InChI is InChI=1S/C14H19N5/c15-9-12-4-3-7-19(10-12)14-8-13(16-11-17-14)18-5-1-2-6-18/h8,11-12H,1-7,10H2. The lowest BCUT2D eigenvalue weighted by Crippen LogP contribution is -2.35. The van der Waals surface area contributed by atoms with Crippen LogP contribution >= 0.6 is 0 Å². The molecule has 0 N–H and O–H groups in total. The molecule has 0 bridgehead atoms. The first-order valence-electron chi connectivity index (χ1n) is 7.08. The number of piperidine rings is 1. The normalized spacial score (nSPS) is 23.4. The average molecular weight is 257 g/mol. The summed E-state index contributed by atoms with van der Waals surface area (Å²) in [5.74, 6) is 2.14. The van der Waals surface area contributed by atoms with Crippen molar-refractivity contribution in [2.45, 2.75) is 25.7 Å². The van der Waals surface area contributed by atoms with Crippen molar-refractivity contribution in [3.8, 4) is 6.07 Å². The molecule has 2 aliphatic heterocycles. The van der Waals surface area contributed by atoms with Crippen molar-refractivity contribution in [3.05, 3.63) is 12.4 Å². The van der Waals surface area contributed by atoms with Crippen LogP contribution in [0.2, 0.25) is 0 Å². The van der Waals surface area contributed by atoms with Gasteiger partial charge in [0.2, 0.25) is 0 Å². The summed E-state index contributed by atoms with van der Waals surface area (Å²) >= 11 is 0. The molecule has 2 aliphatic rings. The summed E-state index contributed by atoms with van der Waals surface area (Å²) in [5, 5.41) is 9.07. The van der Waals surface area contributed by atoms with E-state index in [1.807, 2.05) is 0 Å². The maximum atomic E-state index is 9.07. The maximum Gasteiger partial charge on any atom is 0.134 e. The average Bonchev–Trinajstić information content (AvgIpc) is 3.02. The highest BCUT2D eigenvalue weighted by atomic mass is 15.2. The van der Waals surface area contributed by atoms with E-state index in [2.05, 4.69) is 31.9 Å². The van der Waals surface area contributed by atoms with Crippen LogP contribution in [0.25, 0.3) is 0 Å². The molecule has 0 radical (unpaired) electrons. The second kappa shape index (κ2) is 5.43. The summed E-state index contributed by atoms with van der Waals surface area (Å²) in [6.45, 7) is 3.98. The fourth-order valence-corrected chi connectivity index (χ4v) is 2.92. The van der Waals surface area contributed by atoms with Gasteiger partial charge < -0.3 is 9.80 Å². The van der Waals surface area contributed by atoms with Crippen LogP contribution in [0.5, 0.6) is 0 Å². The lowest BCUT2D eigenvalue weighted by Gasteiger charge is -2.31. The Morgan fingerprint density at radius 1 is 1.05 bits per heavy atom. The Morgan fingerprint density at radius 3 is 2.47 bits per heavy atom. The molecule has 1 aromatic rings. The van der Waals surface area contributed by atoms with Crippen molar-refractivity contribution in [3.63, 3.8) is 0 Å². The van der Waals surface area contributed by atoms with E-state index >= 15 is 0 Å². The second-order valence-electron chi connectivity index (χ2n) is 5.34. The smallest absolute Gasteiger partial charge is 0.134 e. The number of anilines is 2. The van der Waals surface area contributed by atoms with E-state index in [1.54, 1.807) is 6.33 Å². The maximum absolute atomic E-state index is 9.07. The van der Waals surface area contributed by atoms with E-state index in [4.69, 9.17) is 5.26 Å². The summed E-state index contributed by atoms with van der Waals surface area (Å²) in [5.41, 5.74) is 0. The number of aromatic nitrogens is 2. The highest BCUT2D eigenvalue weighted by Gasteiger charge is 2.22. The van der Waals surface area contributed by atoms with Crippen molar-refractivity contribution in [2.75, 3.05) is 36.0 Å². The van der Waals surface area contributed by atoms with Crippen molar-refractivity contribution in [2.24, 2.45) is 5.92 Å². The van der Waals surface area contributed by atoms with Crippen LogP contribution in [0.4, 0.5) is 11.6 Å². The fourth-order valence-electron chi connectivity index (χ4n) is 2.92.